The first-order valence-electron chi connectivity index (χ1n) is 8.59. The molecule has 0 bridgehead atoms. The second-order valence-electron chi connectivity index (χ2n) is 6.07. The van der Waals surface area contributed by atoms with Crippen LogP contribution in [0.15, 0.2) is 35.1 Å². The molecule has 0 saturated carbocycles. The number of aliphatic hydroxyl groups is 1. The lowest BCUT2D eigenvalue weighted by molar-refractivity contribution is 0.0961. The summed E-state index contributed by atoms with van der Waals surface area (Å²) in [6.07, 6.45) is 1.42. The molecule has 5 N–H and O–H groups in total. The number of nitrogens with zero attached hydrogens (tertiary/aromatic N) is 4. The summed E-state index contributed by atoms with van der Waals surface area (Å²) in [5.74, 6) is 0.670. The first kappa shape index (κ1) is 19.3. The van der Waals surface area contributed by atoms with Gasteiger partial charge in [0, 0.05) is 37.2 Å². The van der Waals surface area contributed by atoms with Gasteiger partial charge in [-0.15, -0.1) is 0 Å². The van der Waals surface area contributed by atoms with Gasteiger partial charge in [0.05, 0.1) is 12.2 Å². The summed E-state index contributed by atoms with van der Waals surface area (Å²) >= 11 is 3.35. The number of aromatic nitrogens is 2. The molecule has 9 nitrogen and oxygen atoms in total. The molecule has 144 valence electrons. The summed E-state index contributed by atoms with van der Waals surface area (Å²) in [4.78, 5) is 25.0. The molecule has 1 fully saturated rings. The lowest BCUT2D eigenvalue weighted by Crippen LogP contribution is -2.47. The molecule has 3 rings (SSSR count). The number of carbonyl (C=O) groups is 1. The number of halogens is 1. The zero-order chi connectivity index (χ0) is 19.2. The third-order valence-electron chi connectivity index (χ3n) is 4.36. The molecule has 1 aliphatic heterocycles. The van der Waals surface area contributed by atoms with Gasteiger partial charge in [0.15, 0.2) is 11.6 Å². The summed E-state index contributed by atoms with van der Waals surface area (Å²) in [5, 5.41) is 9.04. The number of hydrogen-bond acceptors (Lipinski definition) is 8. The van der Waals surface area contributed by atoms with E-state index >= 15 is 0 Å². The summed E-state index contributed by atoms with van der Waals surface area (Å²) in [6, 6.07) is 7.13. The minimum absolute atomic E-state index is 0.154. The summed E-state index contributed by atoms with van der Waals surface area (Å²) < 4.78 is 0.696. The number of hydrogen-bond donors (Lipinski definition) is 4. The van der Waals surface area contributed by atoms with Gasteiger partial charge in [0.2, 0.25) is 0 Å². The van der Waals surface area contributed by atoms with E-state index in [1.54, 1.807) is 18.2 Å². The number of nitrogens with one attached hydrogen (secondary N) is 2. The third-order valence-corrected chi connectivity index (χ3v) is 5.06. The average Bonchev–Trinajstić information content (AvgIpc) is 2.68. The highest BCUT2D eigenvalue weighted by Crippen LogP contribution is 2.26. The van der Waals surface area contributed by atoms with Crippen molar-refractivity contribution in [2.24, 2.45) is 0 Å². The molecule has 1 aromatic carbocycles. The normalized spacial score (nSPS) is 14.8. The lowest BCUT2D eigenvalue weighted by Gasteiger charge is -2.35. The predicted molar refractivity (Wildman–Crippen MR) is 107 cm³/mol. The number of hydrazine groups is 1. The number of piperazine rings is 1. The summed E-state index contributed by atoms with van der Waals surface area (Å²) in [6.45, 7) is 3.98. The highest BCUT2D eigenvalue weighted by molar-refractivity contribution is 9.10. The minimum atomic E-state index is -0.306. The predicted octanol–water partition coefficient (Wildman–Crippen LogP) is 0.692. The van der Waals surface area contributed by atoms with Gasteiger partial charge in [-0.2, -0.15) is 0 Å². The molecule has 0 unspecified atom stereocenters. The Bertz CT molecular complexity index is 797. The quantitative estimate of drug-likeness (QED) is 0.489. The van der Waals surface area contributed by atoms with Crippen molar-refractivity contribution in [2.75, 3.05) is 55.4 Å². The van der Waals surface area contributed by atoms with E-state index in [0.29, 0.717) is 33.9 Å². The van der Waals surface area contributed by atoms with Crippen LogP contribution >= 0.6 is 15.9 Å². The Kier molecular flexibility index (Phi) is 6.43. The lowest BCUT2D eigenvalue weighted by atomic mass is 10.2. The molecule has 27 heavy (non-hydrogen) atoms. The van der Waals surface area contributed by atoms with Crippen molar-refractivity contribution >= 4 is 39.2 Å². The van der Waals surface area contributed by atoms with E-state index < -0.39 is 0 Å². The highest BCUT2D eigenvalue weighted by Gasteiger charge is 2.21. The fraction of sp³-hybridized carbons (Fsp3) is 0.353. The fourth-order valence-corrected chi connectivity index (χ4v) is 3.36. The van der Waals surface area contributed by atoms with Crippen molar-refractivity contribution < 1.29 is 9.90 Å². The molecular formula is C17H22BrN7O2. The van der Waals surface area contributed by atoms with Crippen LogP contribution in [0.3, 0.4) is 0 Å². The van der Waals surface area contributed by atoms with Gasteiger partial charge in [-0.1, -0.05) is 12.1 Å². The van der Waals surface area contributed by atoms with Crippen molar-refractivity contribution in [2.45, 2.75) is 0 Å². The Labute approximate surface area is 165 Å². The van der Waals surface area contributed by atoms with E-state index in [9.17, 15) is 4.79 Å². The number of amides is 1. The second kappa shape index (κ2) is 8.98. The Balaban J connectivity index is 1.65. The van der Waals surface area contributed by atoms with E-state index in [0.717, 1.165) is 26.2 Å². The summed E-state index contributed by atoms with van der Waals surface area (Å²) in [5.41, 5.74) is 12.5. The van der Waals surface area contributed by atoms with Gasteiger partial charge in [-0.05, 0) is 28.1 Å². The molecule has 0 atom stereocenters. The van der Waals surface area contributed by atoms with Crippen molar-refractivity contribution in [1.29, 1.82) is 0 Å². The standard InChI is InChI=1S/C17H22BrN7O2/c18-13-4-2-1-3-12(13)17(27)23-22-15-14(19)16(21-11-20-15)25-7-5-24(6-8-25)9-10-26/h1-4,11,26H,5-10,19H2,(H,23,27)(H,20,21,22). The smallest absolute Gasteiger partial charge is 0.270 e. The largest absolute Gasteiger partial charge is 0.395 e. The van der Waals surface area contributed by atoms with Crippen molar-refractivity contribution in [1.82, 2.24) is 20.3 Å². The van der Waals surface area contributed by atoms with Crippen LogP contribution in [0.25, 0.3) is 0 Å². The van der Waals surface area contributed by atoms with Gasteiger partial charge in [0.1, 0.15) is 12.0 Å². The second-order valence-corrected chi connectivity index (χ2v) is 6.93. The van der Waals surface area contributed by atoms with E-state index in [1.807, 2.05) is 6.07 Å². The van der Waals surface area contributed by atoms with E-state index in [-0.39, 0.29) is 12.5 Å². The number of rotatable bonds is 6. The minimum Gasteiger partial charge on any atom is -0.395 e. The molecule has 1 aromatic heterocycles. The molecule has 0 aliphatic carbocycles. The topological polar surface area (TPSA) is 120 Å². The molecule has 10 heteroatoms. The Morgan fingerprint density at radius 1 is 1.22 bits per heavy atom. The number of nitrogens with two attached hydrogens (primary N) is 1. The van der Waals surface area contributed by atoms with E-state index in [1.165, 1.54) is 6.33 Å². The highest BCUT2D eigenvalue weighted by atomic mass is 79.9. The number of aliphatic hydroxyl groups excluding tert-OH is 1. The monoisotopic (exact) mass is 435 g/mol. The zero-order valence-corrected chi connectivity index (χ0v) is 16.3. The van der Waals surface area contributed by atoms with Crippen molar-refractivity contribution in [3.8, 4) is 0 Å². The van der Waals surface area contributed by atoms with Crippen LogP contribution in [0.5, 0.6) is 0 Å². The maximum atomic E-state index is 12.3. The van der Waals surface area contributed by atoms with E-state index in [4.69, 9.17) is 10.8 Å². The zero-order valence-electron chi connectivity index (χ0n) is 14.7. The number of anilines is 3. The van der Waals surface area contributed by atoms with Crippen LogP contribution in [0, 0.1) is 0 Å². The average molecular weight is 436 g/mol. The maximum Gasteiger partial charge on any atom is 0.270 e. The molecule has 0 spiro atoms. The van der Waals surface area contributed by atoms with Gasteiger partial charge < -0.3 is 15.7 Å². The molecular weight excluding hydrogens is 414 g/mol. The van der Waals surface area contributed by atoms with Gasteiger partial charge in [-0.25, -0.2) is 9.97 Å². The molecule has 2 aromatic rings. The number of benzene rings is 1. The van der Waals surface area contributed by atoms with Crippen molar-refractivity contribution in [3.05, 3.63) is 40.6 Å². The van der Waals surface area contributed by atoms with Crippen molar-refractivity contribution in [3.63, 3.8) is 0 Å². The molecule has 2 heterocycles. The molecule has 0 radical (unpaired) electrons. The number of β-amino-alcohol motifs (C(OH)–C–C–N with tert-alkyl or cyclic N) is 1. The number of carbonyl (C=O) groups excluding carboxylic acids is 1. The first-order valence-corrected chi connectivity index (χ1v) is 9.39. The third kappa shape index (κ3) is 4.65. The summed E-state index contributed by atoms with van der Waals surface area (Å²) in [7, 11) is 0. The Morgan fingerprint density at radius 2 is 1.96 bits per heavy atom. The molecule has 1 amide bonds. The van der Waals surface area contributed by atoms with Gasteiger partial charge in [0.25, 0.3) is 5.91 Å². The van der Waals surface area contributed by atoms with Crippen LogP contribution in [0.4, 0.5) is 17.3 Å². The first-order chi connectivity index (χ1) is 13.1. The number of nitrogen functional groups attached to an aromatic ring is 1. The fourth-order valence-electron chi connectivity index (χ4n) is 2.89. The SMILES string of the molecule is Nc1c(NNC(=O)c2ccccc2Br)ncnc1N1CCN(CCO)CC1. The van der Waals surface area contributed by atoms with Crippen LogP contribution in [-0.2, 0) is 0 Å². The van der Waals surface area contributed by atoms with Crippen LogP contribution in [0.1, 0.15) is 10.4 Å². The van der Waals surface area contributed by atoms with E-state index in [2.05, 4.69) is 46.5 Å². The molecule has 1 aliphatic rings. The molecule has 1 saturated heterocycles. The van der Waals surface area contributed by atoms with Crippen LogP contribution in [0.2, 0.25) is 0 Å². The van der Waals surface area contributed by atoms with Crippen LogP contribution < -0.4 is 21.5 Å². The van der Waals surface area contributed by atoms with Crippen LogP contribution in [-0.4, -0.2) is 65.2 Å². The van der Waals surface area contributed by atoms with Gasteiger partial charge >= 0.3 is 0 Å². The Morgan fingerprint density at radius 3 is 2.67 bits per heavy atom. The van der Waals surface area contributed by atoms with Gasteiger partial charge in [-0.3, -0.25) is 20.5 Å². The maximum absolute atomic E-state index is 12.3. The Hall–Kier alpha value is -2.43.